The van der Waals surface area contributed by atoms with Crippen molar-refractivity contribution >= 4 is 17.8 Å². The van der Waals surface area contributed by atoms with E-state index in [1.54, 1.807) is 0 Å². The van der Waals surface area contributed by atoms with Gasteiger partial charge >= 0.3 is 12.1 Å². The highest BCUT2D eigenvalue weighted by Crippen LogP contribution is 2.18. The fourth-order valence-electron chi connectivity index (χ4n) is 1.53. The minimum absolute atomic E-state index is 0.0904. The Morgan fingerprint density at radius 1 is 1.10 bits per heavy atom. The maximum Gasteiger partial charge on any atom is 0.406 e. The molecular formula is C13H12F3NO4. The summed E-state index contributed by atoms with van der Waals surface area (Å²) in [5.41, 5.74) is 0.00125. The summed E-state index contributed by atoms with van der Waals surface area (Å²) >= 11 is 0. The molecule has 21 heavy (non-hydrogen) atoms. The lowest BCUT2D eigenvalue weighted by Crippen LogP contribution is -2.42. The summed E-state index contributed by atoms with van der Waals surface area (Å²) in [5, 5.41) is 0. The fraction of sp³-hybridized carbons (Fsp3) is 0.308. The van der Waals surface area contributed by atoms with Gasteiger partial charge in [0.1, 0.15) is 6.54 Å². The summed E-state index contributed by atoms with van der Waals surface area (Å²) in [6, 6.07) is 4.76. The van der Waals surface area contributed by atoms with Crippen LogP contribution in [0.25, 0.3) is 0 Å². The lowest BCUT2D eigenvalue weighted by atomic mass is 10.1. The number of hydrogen-bond donors (Lipinski definition) is 0. The number of carbonyl (C=O) groups excluding carboxylic acids is 3. The van der Waals surface area contributed by atoms with Gasteiger partial charge in [-0.1, -0.05) is 0 Å². The van der Waals surface area contributed by atoms with E-state index in [2.05, 4.69) is 4.74 Å². The predicted molar refractivity (Wildman–Crippen MR) is 65.6 cm³/mol. The van der Waals surface area contributed by atoms with E-state index in [1.807, 2.05) is 0 Å². The fourth-order valence-corrected chi connectivity index (χ4v) is 1.53. The van der Waals surface area contributed by atoms with Crippen LogP contribution in [0.3, 0.4) is 0 Å². The van der Waals surface area contributed by atoms with Gasteiger partial charge in [-0.15, -0.1) is 0 Å². The van der Waals surface area contributed by atoms with Crippen LogP contribution in [-0.4, -0.2) is 42.5 Å². The van der Waals surface area contributed by atoms with Crippen LogP contribution in [0.1, 0.15) is 27.6 Å². The molecule has 0 aliphatic rings. The topological polar surface area (TPSA) is 63.7 Å². The molecule has 0 unspecified atom stereocenters. The highest BCUT2D eigenvalue weighted by Gasteiger charge is 2.35. The average Bonchev–Trinajstić information content (AvgIpc) is 2.42. The minimum Gasteiger partial charge on any atom is -0.465 e. The van der Waals surface area contributed by atoms with E-state index < -0.39 is 30.5 Å². The number of rotatable bonds is 3. The quantitative estimate of drug-likeness (QED) is 0.801. The molecule has 0 aliphatic carbocycles. The summed E-state index contributed by atoms with van der Waals surface area (Å²) in [4.78, 5) is 34.4. The van der Waals surface area contributed by atoms with Crippen molar-refractivity contribution in [2.45, 2.75) is 13.1 Å². The second-order valence-electron chi connectivity index (χ2n) is 4.09. The maximum atomic E-state index is 12.4. The number of ether oxygens (including phenoxy) is 1. The smallest absolute Gasteiger partial charge is 0.406 e. The van der Waals surface area contributed by atoms with Gasteiger partial charge in [-0.05, 0) is 24.3 Å². The molecule has 0 spiro atoms. The molecule has 0 radical (unpaired) electrons. The van der Waals surface area contributed by atoms with Crippen LogP contribution in [0.15, 0.2) is 24.3 Å². The third-order valence-corrected chi connectivity index (χ3v) is 2.52. The Balaban J connectivity index is 2.99. The first kappa shape index (κ1) is 16.7. The predicted octanol–water partition coefficient (Wildman–Crippen LogP) is 2.02. The van der Waals surface area contributed by atoms with E-state index in [-0.39, 0.29) is 16.0 Å². The molecule has 0 fully saturated rings. The molecule has 0 saturated carbocycles. The molecule has 0 aromatic heterocycles. The van der Waals surface area contributed by atoms with Gasteiger partial charge in [-0.2, -0.15) is 13.2 Å². The number of methoxy groups -OCH3 is 1. The van der Waals surface area contributed by atoms with Crippen LogP contribution >= 0.6 is 0 Å². The third kappa shape index (κ3) is 4.59. The lowest BCUT2D eigenvalue weighted by Gasteiger charge is -2.20. The van der Waals surface area contributed by atoms with Gasteiger partial charge in [-0.3, -0.25) is 14.5 Å². The average molecular weight is 303 g/mol. The first-order valence-corrected chi connectivity index (χ1v) is 5.73. The van der Waals surface area contributed by atoms with Crippen molar-refractivity contribution in [3.8, 4) is 0 Å². The van der Waals surface area contributed by atoms with Crippen molar-refractivity contribution in [2.24, 2.45) is 0 Å². The second kappa shape index (κ2) is 6.38. The molecule has 1 aromatic rings. The number of benzene rings is 1. The van der Waals surface area contributed by atoms with E-state index in [4.69, 9.17) is 0 Å². The minimum atomic E-state index is -4.69. The van der Waals surface area contributed by atoms with Crippen molar-refractivity contribution < 1.29 is 32.3 Å². The van der Waals surface area contributed by atoms with Gasteiger partial charge in [0.2, 0.25) is 5.91 Å². The number of halogens is 3. The Hall–Kier alpha value is -2.38. The van der Waals surface area contributed by atoms with Crippen LogP contribution < -0.4 is 0 Å². The molecule has 0 N–H and O–H groups in total. The molecule has 0 atom stereocenters. The van der Waals surface area contributed by atoms with E-state index in [1.165, 1.54) is 19.2 Å². The normalized spacial score (nSPS) is 10.9. The van der Waals surface area contributed by atoms with Gasteiger partial charge in [0.25, 0.3) is 5.91 Å². The van der Waals surface area contributed by atoms with Gasteiger partial charge in [0.15, 0.2) is 0 Å². The Morgan fingerprint density at radius 2 is 1.57 bits per heavy atom. The Morgan fingerprint density at radius 3 is 1.95 bits per heavy atom. The monoisotopic (exact) mass is 303 g/mol. The number of imide groups is 1. The van der Waals surface area contributed by atoms with Gasteiger partial charge in [0, 0.05) is 12.5 Å². The Bertz CT molecular complexity index is 552. The van der Waals surface area contributed by atoms with Gasteiger partial charge < -0.3 is 4.74 Å². The van der Waals surface area contributed by atoms with Crippen LogP contribution in [0.4, 0.5) is 13.2 Å². The first-order chi connectivity index (χ1) is 9.65. The summed E-state index contributed by atoms with van der Waals surface area (Å²) < 4.78 is 41.5. The van der Waals surface area contributed by atoms with Crippen LogP contribution in [0.2, 0.25) is 0 Å². The number of hydrogen-bond acceptors (Lipinski definition) is 4. The van der Waals surface area contributed by atoms with Crippen molar-refractivity contribution in [3.63, 3.8) is 0 Å². The van der Waals surface area contributed by atoms with Gasteiger partial charge in [-0.25, -0.2) is 4.79 Å². The SMILES string of the molecule is COC(=O)c1ccc(C(=O)N(CC(F)(F)F)C(C)=O)cc1. The Labute approximate surface area is 118 Å². The number of amides is 2. The van der Waals surface area contributed by atoms with Crippen molar-refractivity contribution in [1.29, 1.82) is 0 Å². The standard InChI is InChI=1S/C13H12F3NO4/c1-8(18)17(7-13(14,15)16)11(19)9-3-5-10(6-4-9)12(20)21-2/h3-6H,7H2,1-2H3. The molecule has 1 rings (SSSR count). The summed E-state index contributed by atoms with van der Waals surface area (Å²) in [5.74, 6) is -2.75. The van der Waals surface area contributed by atoms with Crippen molar-refractivity contribution in [1.82, 2.24) is 4.90 Å². The summed E-state index contributed by atoms with van der Waals surface area (Å²) in [7, 11) is 1.17. The van der Waals surface area contributed by atoms with E-state index in [9.17, 15) is 27.6 Å². The molecule has 114 valence electrons. The molecule has 0 saturated heterocycles. The molecule has 1 aromatic carbocycles. The number of nitrogens with zero attached hydrogens (tertiary/aromatic N) is 1. The number of alkyl halides is 3. The van der Waals surface area contributed by atoms with Gasteiger partial charge in [0.05, 0.1) is 12.7 Å². The molecule has 0 heterocycles. The van der Waals surface area contributed by atoms with Crippen molar-refractivity contribution in [3.05, 3.63) is 35.4 Å². The molecule has 5 nitrogen and oxygen atoms in total. The first-order valence-electron chi connectivity index (χ1n) is 5.73. The zero-order valence-corrected chi connectivity index (χ0v) is 11.2. The number of carbonyl (C=O) groups is 3. The van der Waals surface area contributed by atoms with Crippen LogP contribution in [-0.2, 0) is 9.53 Å². The summed E-state index contributed by atoms with van der Waals surface area (Å²) in [6.07, 6.45) is -4.69. The highest BCUT2D eigenvalue weighted by atomic mass is 19.4. The lowest BCUT2D eigenvalue weighted by molar-refractivity contribution is -0.154. The molecule has 8 heteroatoms. The third-order valence-electron chi connectivity index (χ3n) is 2.52. The largest absolute Gasteiger partial charge is 0.465 e. The zero-order valence-electron chi connectivity index (χ0n) is 11.2. The zero-order chi connectivity index (χ0) is 16.2. The maximum absolute atomic E-state index is 12.4. The van der Waals surface area contributed by atoms with Crippen molar-refractivity contribution in [2.75, 3.05) is 13.7 Å². The Kier molecular flexibility index (Phi) is 5.07. The molecule has 0 aliphatic heterocycles. The van der Waals surface area contributed by atoms with Crippen LogP contribution in [0, 0.1) is 0 Å². The van der Waals surface area contributed by atoms with E-state index in [0.29, 0.717) is 0 Å². The summed E-state index contributed by atoms with van der Waals surface area (Å²) in [6.45, 7) is -0.799. The van der Waals surface area contributed by atoms with E-state index in [0.717, 1.165) is 19.1 Å². The highest BCUT2D eigenvalue weighted by molar-refractivity contribution is 6.04. The van der Waals surface area contributed by atoms with E-state index >= 15 is 0 Å². The number of esters is 1. The second-order valence-corrected chi connectivity index (χ2v) is 4.09. The molecule has 2 amide bonds. The van der Waals surface area contributed by atoms with Crippen LogP contribution in [0.5, 0.6) is 0 Å². The molecule has 0 bridgehead atoms. The molecular weight excluding hydrogens is 291 g/mol.